The van der Waals surface area contributed by atoms with Gasteiger partial charge in [0.25, 0.3) is 0 Å². The van der Waals surface area contributed by atoms with E-state index < -0.39 is 0 Å². The van der Waals surface area contributed by atoms with Crippen LogP contribution in [0.1, 0.15) is 12.6 Å². The fraction of sp³-hybridized carbons (Fsp3) is 0.429. The second-order valence-electron chi connectivity index (χ2n) is 2.36. The predicted octanol–water partition coefficient (Wildman–Crippen LogP) is 0.781. The van der Waals surface area contributed by atoms with Crippen LogP contribution in [0.2, 0.25) is 0 Å². The summed E-state index contributed by atoms with van der Waals surface area (Å²) in [5.74, 6) is 0.154. The van der Waals surface area contributed by atoms with Crippen LogP contribution in [-0.2, 0) is 11.3 Å². The molecule has 3 nitrogen and oxygen atoms in total. The van der Waals surface area contributed by atoms with Crippen molar-refractivity contribution in [2.24, 2.45) is 0 Å². The molecule has 0 amide bonds. The van der Waals surface area contributed by atoms with Crippen molar-refractivity contribution in [3.63, 3.8) is 0 Å². The molecule has 3 heteroatoms. The van der Waals surface area contributed by atoms with Crippen LogP contribution in [0.15, 0.2) is 12.5 Å². The van der Waals surface area contributed by atoms with Crippen molar-refractivity contribution in [3.05, 3.63) is 18.2 Å². The van der Waals surface area contributed by atoms with Crippen molar-refractivity contribution in [2.45, 2.75) is 20.4 Å². The Morgan fingerprint density at radius 2 is 2.50 bits per heavy atom. The topological polar surface area (TPSA) is 34.9 Å². The second kappa shape index (κ2) is 2.64. The summed E-state index contributed by atoms with van der Waals surface area (Å²) in [7, 11) is 0. The molecule has 0 saturated carbocycles. The van der Waals surface area contributed by atoms with Crippen LogP contribution in [0.5, 0.6) is 0 Å². The molecule has 0 bridgehead atoms. The number of carbonyl (C=O) groups excluding carboxylic acids is 1. The number of hydrogen-bond acceptors (Lipinski definition) is 2. The third-order valence-electron chi connectivity index (χ3n) is 1.31. The average molecular weight is 138 g/mol. The molecule has 0 N–H and O–H groups in total. The maximum absolute atomic E-state index is 10.6. The van der Waals surface area contributed by atoms with Crippen LogP contribution in [0.4, 0.5) is 0 Å². The van der Waals surface area contributed by atoms with Gasteiger partial charge in [0.05, 0.1) is 12.9 Å². The van der Waals surface area contributed by atoms with E-state index in [4.69, 9.17) is 0 Å². The maximum Gasteiger partial charge on any atom is 0.149 e. The number of rotatable bonds is 2. The van der Waals surface area contributed by atoms with E-state index in [1.54, 1.807) is 19.4 Å². The first kappa shape index (κ1) is 6.99. The van der Waals surface area contributed by atoms with Crippen molar-refractivity contribution >= 4 is 5.78 Å². The van der Waals surface area contributed by atoms with E-state index in [-0.39, 0.29) is 5.78 Å². The van der Waals surface area contributed by atoms with Crippen molar-refractivity contribution < 1.29 is 4.79 Å². The number of aryl methyl sites for hydroxylation is 1. The van der Waals surface area contributed by atoms with E-state index in [1.165, 1.54) is 0 Å². The molecule has 1 aromatic heterocycles. The third kappa shape index (κ3) is 1.43. The van der Waals surface area contributed by atoms with E-state index in [2.05, 4.69) is 4.98 Å². The lowest BCUT2D eigenvalue weighted by atomic mass is 10.4. The molecular formula is C7H10N2O. The minimum atomic E-state index is 0.154. The van der Waals surface area contributed by atoms with Crippen LogP contribution in [0.3, 0.4) is 0 Å². The van der Waals surface area contributed by atoms with Crippen molar-refractivity contribution in [1.29, 1.82) is 0 Å². The van der Waals surface area contributed by atoms with Gasteiger partial charge in [-0.1, -0.05) is 0 Å². The number of Topliss-reactive ketones (excluding diaryl/α,β-unsaturated/α-hetero) is 1. The minimum Gasteiger partial charge on any atom is -0.327 e. The predicted molar refractivity (Wildman–Crippen MR) is 37.6 cm³/mol. The smallest absolute Gasteiger partial charge is 0.149 e. The summed E-state index contributed by atoms with van der Waals surface area (Å²) in [6.07, 6.45) is 3.40. The van der Waals surface area contributed by atoms with Crippen LogP contribution < -0.4 is 0 Å². The number of carbonyl (C=O) groups is 1. The van der Waals surface area contributed by atoms with Gasteiger partial charge in [0.15, 0.2) is 0 Å². The number of ketones is 1. The fourth-order valence-electron chi connectivity index (χ4n) is 0.792. The molecule has 0 unspecified atom stereocenters. The highest BCUT2D eigenvalue weighted by Crippen LogP contribution is 1.95. The molecule has 1 aromatic rings. The van der Waals surface area contributed by atoms with Crippen molar-refractivity contribution in [1.82, 2.24) is 9.55 Å². The largest absolute Gasteiger partial charge is 0.327 e. The monoisotopic (exact) mass is 138 g/mol. The Kier molecular flexibility index (Phi) is 1.85. The molecule has 0 spiro atoms. The van der Waals surface area contributed by atoms with Gasteiger partial charge in [-0.05, 0) is 13.8 Å². The first-order valence-corrected chi connectivity index (χ1v) is 3.16. The normalized spacial score (nSPS) is 9.80. The summed E-state index contributed by atoms with van der Waals surface area (Å²) >= 11 is 0. The molecule has 0 fully saturated rings. The highest BCUT2D eigenvalue weighted by molar-refractivity contribution is 5.75. The maximum atomic E-state index is 10.6. The summed E-state index contributed by atoms with van der Waals surface area (Å²) in [6, 6.07) is 0. The Bertz CT molecular complexity index is 240. The highest BCUT2D eigenvalue weighted by Gasteiger charge is 1.97. The molecule has 0 aliphatic carbocycles. The van der Waals surface area contributed by atoms with Gasteiger partial charge in [-0.25, -0.2) is 4.98 Å². The van der Waals surface area contributed by atoms with E-state index in [0.29, 0.717) is 6.54 Å². The first-order chi connectivity index (χ1) is 4.70. The van der Waals surface area contributed by atoms with Crippen LogP contribution >= 0.6 is 0 Å². The molecule has 0 atom stereocenters. The number of nitrogens with zero attached hydrogens (tertiary/aromatic N) is 2. The third-order valence-corrected chi connectivity index (χ3v) is 1.31. The SMILES string of the molecule is CC(=O)Cn1cncc1C. The molecule has 1 rings (SSSR count). The summed E-state index contributed by atoms with van der Waals surface area (Å²) in [5.41, 5.74) is 1.02. The van der Waals surface area contributed by atoms with Crippen molar-refractivity contribution in [3.8, 4) is 0 Å². The van der Waals surface area contributed by atoms with Crippen LogP contribution in [-0.4, -0.2) is 15.3 Å². The molecule has 0 radical (unpaired) electrons. The first-order valence-electron chi connectivity index (χ1n) is 3.16. The van der Waals surface area contributed by atoms with Crippen molar-refractivity contribution in [2.75, 3.05) is 0 Å². The zero-order valence-corrected chi connectivity index (χ0v) is 6.16. The van der Waals surface area contributed by atoms with E-state index in [1.807, 2.05) is 11.5 Å². The molecule has 0 aromatic carbocycles. The van der Waals surface area contributed by atoms with Gasteiger partial charge in [-0.15, -0.1) is 0 Å². The molecular weight excluding hydrogens is 128 g/mol. The number of aromatic nitrogens is 2. The Morgan fingerprint density at radius 1 is 1.80 bits per heavy atom. The van der Waals surface area contributed by atoms with Gasteiger partial charge in [0.2, 0.25) is 0 Å². The Labute approximate surface area is 59.7 Å². The fourth-order valence-corrected chi connectivity index (χ4v) is 0.792. The van der Waals surface area contributed by atoms with Crippen LogP contribution in [0.25, 0.3) is 0 Å². The quantitative estimate of drug-likeness (QED) is 0.605. The summed E-state index contributed by atoms with van der Waals surface area (Å²) in [4.78, 5) is 14.5. The Balaban J connectivity index is 2.74. The van der Waals surface area contributed by atoms with Gasteiger partial charge >= 0.3 is 0 Å². The number of hydrogen-bond donors (Lipinski definition) is 0. The molecule has 0 aliphatic rings. The average Bonchev–Trinajstić information content (AvgIpc) is 2.15. The summed E-state index contributed by atoms with van der Waals surface area (Å²) < 4.78 is 1.82. The lowest BCUT2D eigenvalue weighted by Crippen LogP contribution is -2.05. The molecule has 10 heavy (non-hydrogen) atoms. The Hall–Kier alpha value is -1.12. The minimum absolute atomic E-state index is 0.154. The summed E-state index contributed by atoms with van der Waals surface area (Å²) in [6.45, 7) is 3.93. The van der Waals surface area contributed by atoms with E-state index in [9.17, 15) is 4.79 Å². The standard InChI is InChI=1S/C7H10N2O/c1-6-3-8-5-9(6)4-7(2)10/h3,5H,4H2,1-2H3. The van der Waals surface area contributed by atoms with Crippen LogP contribution in [0, 0.1) is 6.92 Å². The lowest BCUT2D eigenvalue weighted by molar-refractivity contribution is -0.117. The van der Waals surface area contributed by atoms with Gasteiger partial charge < -0.3 is 4.57 Å². The van der Waals surface area contributed by atoms with Gasteiger partial charge in [-0.3, -0.25) is 4.79 Å². The molecule has 1 heterocycles. The molecule has 0 aliphatic heterocycles. The molecule has 54 valence electrons. The second-order valence-corrected chi connectivity index (χ2v) is 2.36. The number of imidazole rings is 1. The zero-order chi connectivity index (χ0) is 7.56. The zero-order valence-electron chi connectivity index (χ0n) is 6.16. The van der Waals surface area contributed by atoms with Gasteiger partial charge in [-0.2, -0.15) is 0 Å². The molecule has 0 saturated heterocycles. The van der Waals surface area contributed by atoms with E-state index >= 15 is 0 Å². The van der Waals surface area contributed by atoms with E-state index in [0.717, 1.165) is 5.69 Å². The Morgan fingerprint density at radius 3 is 2.90 bits per heavy atom. The van der Waals surface area contributed by atoms with Gasteiger partial charge in [0, 0.05) is 11.9 Å². The highest BCUT2D eigenvalue weighted by atomic mass is 16.1. The lowest BCUT2D eigenvalue weighted by Gasteiger charge is -1.98. The summed E-state index contributed by atoms with van der Waals surface area (Å²) in [5, 5.41) is 0. The van der Waals surface area contributed by atoms with Gasteiger partial charge in [0.1, 0.15) is 5.78 Å².